The van der Waals surface area contributed by atoms with Gasteiger partial charge in [-0.05, 0) is 43.3 Å². The van der Waals surface area contributed by atoms with Gasteiger partial charge in [-0.3, -0.25) is 9.59 Å². The van der Waals surface area contributed by atoms with Crippen molar-refractivity contribution in [1.29, 1.82) is 0 Å². The maximum atomic E-state index is 12.5. The molecule has 2 aromatic rings. The number of amides is 2. The SMILES string of the molecule is COc1ccc(NC(=O)[C@@H](C)[NH+]2CCN(C(=O)c3ccco3)CC2)cc1. The van der Waals surface area contributed by atoms with Gasteiger partial charge in [0, 0.05) is 5.69 Å². The minimum Gasteiger partial charge on any atom is -0.497 e. The van der Waals surface area contributed by atoms with Crippen LogP contribution >= 0.6 is 0 Å². The Balaban J connectivity index is 1.51. The maximum Gasteiger partial charge on any atom is 0.289 e. The number of hydrogen-bond acceptors (Lipinski definition) is 4. The quantitative estimate of drug-likeness (QED) is 0.823. The lowest BCUT2D eigenvalue weighted by molar-refractivity contribution is -0.917. The standard InChI is InChI=1S/C19H23N3O4/c1-14(18(23)20-15-5-7-16(25-2)8-6-15)21-9-11-22(12-10-21)19(24)17-4-3-13-26-17/h3-8,13-14H,9-12H2,1-2H3,(H,20,23)/p+1/t14-/m1/s1. The van der Waals surface area contributed by atoms with Crippen LogP contribution in [-0.4, -0.2) is 56.0 Å². The van der Waals surface area contributed by atoms with Gasteiger partial charge < -0.3 is 24.3 Å². The number of nitrogens with zero attached hydrogens (tertiary/aromatic N) is 1. The highest BCUT2D eigenvalue weighted by Crippen LogP contribution is 2.15. The third kappa shape index (κ3) is 4.05. The second-order valence-electron chi connectivity index (χ2n) is 6.37. The Bertz CT molecular complexity index is 735. The van der Waals surface area contributed by atoms with Crippen LogP contribution in [-0.2, 0) is 4.79 Å². The van der Waals surface area contributed by atoms with E-state index in [9.17, 15) is 9.59 Å². The van der Waals surface area contributed by atoms with Crippen molar-refractivity contribution in [2.45, 2.75) is 13.0 Å². The minimum atomic E-state index is -0.196. The zero-order valence-corrected chi connectivity index (χ0v) is 15.0. The van der Waals surface area contributed by atoms with E-state index in [0.717, 1.165) is 24.5 Å². The Hall–Kier alpha value is -2.80. The lowest BCUT2D eigenvalue weighted by Crippen LogP contribution is -3.19. The van der Waals surface area contributed by atoms with Gasteiger partial charge in [0.1, 0.15) is 5.75 Å². The Morgan fingerprint density at radius 2 is 1.88 bits per heavy atom. The van der Waals surface area contributed by atoms with Crippen LogP contribution in [0.15, 0.2) is 47.1 Å². The van der Waals surface area contributed by atoms with E-state index in [-0.39, 0.29) is 17.9 Å². The lowest BCUT2D eigenvalue weighted by Gasteiger charge is -2.34. The Labute approximate surface area is 152 Å². The monoisotopic (exact) mass is 358 g/mol. The summed E-state index contributed by atoms with van der Waals surface area (Å²) in [6.07, 6.45) is 1.50. The number of benzene rings is 1. The number of methoxy groups -OCH3 is 1. The molecule has 1 saturated heterocycles. The van der Waals surface area contributed by atoms with Crippen molar-refractivity contribution >= 4 is 17.5 Å². The number of carbonyl (C=O) groups is 2. The van der Waals surface area contributed by atoms with Gasteiger partial charge in [-0.15, -0.1) is 0 Å². The van der Waals surface area contributed by atoms with E-state index in [1.54, 1.807) is 24.1 Å². The Kier molecular flexibility index (Phi) is 5.58. The lowest BCUT2D eigenvalue weighted by atomic mass is 10.2. The predicted molar refractivity (Wildman–Crippen MR) is 96.4 cm³/mol. The summed E-state index contributed by atoms with van der Waals surface area (Å²) in [4.78, 5) is 27.7. The van der Waals surface area contributed by atoms with Gasteiger partial charge in [-0.25, -0.2) is 0 Å². The minimum absolute atomic E-state index is 0.0315. The normalized spacial score (nSPS) is 16.2. The molecule has 7 heteroatoms. The first-order valence-corrected chi connectivity index (χ1v) is 8.71. The van der Waals surface area contributed by atoms with Crippen LogP contribution in [0.3, 0.4) is 0 Å². The molecule has 1 aromatic carbocycles. The van der Waals surface area contributed by atoms with Gasteiger partial charge in [-0.2, -0.15) is 0 Å². The summed E-state index contributed by atoms with van der Waals surface area (Å²) in [6.45, 7) is 4.58. The molecule has 1 aliphatic rings. The maximum absolute atomic E-state index is 12.5. The highest BCUT2D eigenvalue weighted by Gasteiger charge is 2.31. The number of hydrogen-bond donors (Lipinski definition) is 2. The molecule has 2 amide bonds. The Morgan fingerprint density at radius 3 is 2.46 bits per heavy atom. The van der Waals surface area contributed by atoms with Crippen molar-refractivity contribution < 1.29 is 23.6 Å². The van der Waals surface area contributed by atoms with Crippen molar-refractivity contribution in [3.05, 3.63) is 48.4 Å². The van der Waals surface area contributed by atoms with Crippen LogP contribution in [0.25, 0.3) is 0 Å². The molecule has 0 aliphatic carbocycles. The van der Waals surface area contributed by atoms with Crippen LogP contribution in [0.4, 0.5) is 5.69 Å². The molecule has 3 rings (SSSR count). The molecular weight excluding hydrogens is 334 g/mol. The molecule has 0 unspecified atom stereocenters. The largest absolute Gasteiger partial charge is 0.497 e. The Morgan fingerprint density at radius 1 is 1.19 bits per heavy atom. The summed E-state index contributed by atoms with van der Waals surface area (Å²) in [5.41, 5.74) is 0.744. The average molecular weight is 358 g/mol. The molecule has 1 aromatic heterocycles. The number of nitrogens with one attached hydrogen (secondary N) is 2. The molecule has 0 bridgehead atoms. The van der Waals surface area contributed by atoms with Crippen LogP contribution in [0.2, 0.25) is 0 Å². The van der Waals surface area contributed by atoms with Crippen molar-refractivity contribution in [2.24, 2.45) is 0 Å². The topological polar surface area (TPSA) is 76.2 Å². The second kappa shape index (κ2) is 8.05. The molecule has 0 radical (unpaired) electrons. The number of piperazine rings is 1. The molecule has 2 heterocycles. The van der Waals surface area contributed by atoms with Gasteiger partial charge in [0.25, 0.3) is 11.8 Å². The highest BCUT2D eigenvalue weighted by molar-refractivity contribution is 5.93. The molecule has 1 atom stereocenters. The molecule has 1 aliphatic heterocycles. The third-order valence-electron chi connectivity index (χ3n) is 4.79. The smallest absolute Gasteiger partial charge is 0.289 e. The zero-order chi connectivity index (χ0) is 18.5. The van der Waals surface area contributed by atoms with E-state index < -0.39 is 0 Å². The number of ether oxygens (including phenoxy) is 1. The summed E-state index contributed by atoms with van der Waals surface area (Å²) in [5, 5.41) is 2.94. The molecule has 26 heavy (non-hydrogen) atoms. The zero-order valence-electron chi connectivity index (χ0n) is 15.0. The first kappa shape index (κ1) is 18.0. The van der Waals surface area contributed by atoms with Crippen LogP contribution in [0.1, 0.15) is 17.5 Å². The van der Waals surface area contributed by atoms with Crippen LogP contribution < -0.4 is 15.0 Å². The second-order valence-corrected chi connectivity index (χ2v) is 6.37. The fourth-order valence-electron chi connectivity index (χ4n) is 3.10. The van der Waals surface area contributed by atoms with Crippen molar-refractivity contribution in [3.8, 4) is 5.75 Å². The number of rotatable bonds is 5. The molecule has 2 N–H and O–H groups in total. The molecule has 1 fully saturated rings. The van der Waals surface area contributed by atoms with Crippen molar-refractivity contribution in [2.75, 3.05) is 38.6 Å². The third-order valence-corrected chi connectivity index (χ3v) is 4.79. The number of quaternary nitrogens is 1. The fourth-order valence-corrected chi connectivity index (χ4v) is 3.10. The van der Waals surface area contributed by atoms with Crippen LogP contribution in [0.5, 0.6) is 5.75 Å². The molecular formula is C19H24N3O4+. The summed E-state index contributed by atoms with van der Waals surface area (Å²) >= 11 is 0. The highest BCUT2D eigenvalue weighted by atomic mass is 16.5. The summed E-state index contributed by atoms with van der Waals surface area (Å²) in [6, 6.07) is 10.4. The van der Waals surface area contributed by atoms with Gasteiger partial charge in [0.05, 0.1) is 39.6 Å². The average Bonchev–Trinajstić information content (AvgIpc) is 3.22. The van der Waals surface area contributed by atoms with E-state index in [1.165, 1.54) is 11.2 Å². The van der Waals surface area contributed by atoms with Gasteiger partial charge >= 0.3 is 0 Å². The van der Waals surface area contributed by atoms with Gasteiger partial charge in [-0.1, -0.05) is 0 Å². The van der Waals surface area contributed by atoms with E-state index in [4.69, 9.17) is 9.15 Å². The van der Waals surface area contributed by atoms with Gasteiger partial charge in [0.2, 0.25) is 0 Å². The molecule has 138 valence electrons. The predicted octanol–water partition coefficient (Wildman–Crippen LogP) is 0.656. The van der Waals surface area contributed by atoms with E-state index >= 15 is 0 Å². The van der Waals surface area contributed by atoms with E-state index in [0.29, 0.717) is 18.8 Å². The van der Waals surface area contributed by atoms with E-state index in [1.807, 2.05) is 31.2 Å². The molecule has 0 saturated carbocycles. The summed E-state index contributed by atoms with van der Waals surface area (Å²) in [7, 11) is 1.61. The first-order chi connectivity index (χ1) is 12.6. The summed E-state index contributed by atoms with van der Waals surface area (Å²) < 4.78 is 10.3. The number of anilines is 1. The number of furan rings is 1. The summed E-state index contributed by atoms with van der Waals surface area (Å²) in [5.74, 6) is 0.984. The molecule has 7 nitrogen and oxygen atoms in total. The van der Waals surface area contributed by atoms with E-state index in [2.05, 4.69) is 5.32 Å². The van der Waals surface area contributed by atoms with Crippen molar-refractivity contribution in [3.63, 3.8) is 0 Å². The van der Waals surface area contributed by atoms with Crippen molar-refractivity contribution in [1.82, 2.24) is 4.90 Å². The fraction of sp³-hybridized carbons (Fsp3) is 0.368. The van der Waals surface area contributed by atoms with Crippen LogP contribution in [0, 0.1) is 0 Å². The van der Waals surface area contributed by atoms with Gasteiger partial charge in [0.15, 0.2) is 11.8 Å². The number of carbonyl (C=O) groups excluding carboxylic acids is 2. The first-order valence-electron chi connectivity index (χ1n) is 8.71. The molecule has 0 spiro atoms.